The van der Waals surface area contributed by atoms with Crippen LogP contribution >= 0.6 is 0 Å². The highest BCUT2D eigenvalue weighted by atomic mass is 19.1. The van der Waals surface area contributed by atoms with Gasteiger partial charge in [0.05, 0.1) is 12.3 Å². The number of anilines is 1. The molecule has 0 bridgehead atoms. The Hall–Kier alpha value is -1.53. The third-order valence-electron chi connectivity index (χ3n) is 2.11. The van der Waals surface area contributed by atoms with Gasteiger partial charge in [-0.1, -0.05) is 0 Å². The minimum absolute atomic E-state index is 0.214. The molecule has 1 aromatic rings. The smallest absolute Gasteiger partial charge is 0.246 e. The summed E-state index contributed by atoms with van der Waals surface area (Å²) in [6.45, 7) is -0.555. The van der Waals surface area contributed by atoms with Crippen LogP contribution < -0.4 is 10.6 Å². The molecule has 0 spiro atoms. The topological polar surface area (TPSA) is 66.6 Å². The maximum Gasteiger partial charge on any atom is 0.246 e. The molecule has 1 amide bonds. The summed E-state index contributed by atoms with van der Waals surface area (Å²) < 4.78 is 26.2. The molecule has 0 aliphatic rings. The zero-order valence-corrected chi connectivity index (χ0v) is 8.65. The van der Waals surface area contributed by atoms with Crippen molar-refractivity contribution >= 4 is 11.6 Å². The van der Waals surface area contributed by atoms with Gasteiger partial charge < -0.3 is 15.7 Å². The molecule has 0 fully saturated rings. The Kier molecular flexibility index (Phi) is 3.92. The number of benzene rings is 1. The predicted octanol–water partition coefficient (Wildman–Crippen LogP) is 0.247. The highest BCUT2D eigenvalue weighted by Crippen LogP contribution is 2.19. The number of carbonyl (C=O) groups excluding carboxylic acids is 1. The molecule has 1 atom stereocenters. The van der Waals surface area contributed by atoms with E-state index >= 15 is 0 Å². The molecule has 0 heterocycles. The molecule has 0 aromatic heterocycles. The van der Waals surface area contributed by atoms with Gasteiger partial charge in [-0.05, 0) is 12.1 Å². The van der Waals surface area contributed by atoms with Crippen LogP contribution in [0.25, 0.3) is 0 Å². The molecule has 3 N–H and O–H groups in total. The first-order chi connectivity index (χ1) is 7.47. The molecule has 0 saturated heterocycles. The largest absolute Gasteiger partial charge is 0.394 e. The number of aliphatic hydroxyl groups excluding tert-OH is 1. The number of nitrogens with zero attached hydrogens (tertiary/aromatic N) is 1. The van der Waals surface area contributed by atoms with E-state index in [1.54, 1.807) is 0 Å². The van der Waals surface area contributed by atoms with Gasteiger partial charge in [0, 0.05) is 13.1 Å². The third-order valence-corrected chi connectivity index (χ3v) is 2.11. The van der Waals surface area contributed by atoms with E-state index in [1.165, 1.54) is 7.05 Å². The molecule has 0 saturated carbocycles. The minimum atomic E-state index is -1.15. The number of rotatable bonds is 3. The molecule has 88 valence electrons. The van der Waals surface area contributed by atoms with Gasteiger partial charge in [-0.3, -0.25) is 4.79 Å². The second-order valence-corrected chi connectivity index (χ2v) is 3.28. The van der Waals surface area contributed by atoms with Crippen molar-refractivity contribution in [2.24, 2.45) is 5.73 Å². The summed E-state index contributed by atoms with van der Waals surface area (Å²) in [4.78, 5) is 12.4. The van der Waals surface area contributed by atoms with Crippen molar-refractivity contribution in [3.05, 3.63) is 29.8 Å². The van der Waals surface area contributed by atoms with E-state index in [2.05, 4.69) is 0 Å². The van der Waals surface area contributed by atoms with E-state index in [9.17, 15) is 13.6 Å². The molecular weight excluding hydrogens is 218 g/mol. The van der Waals surface area contributed by atoms with E-state index in [1.807, 2.05) is 0 Å². The van der Waals surface area contributed by atoms with E-state index in [-0.39, 0.29) is 5.69 Å². The molecule has 1 rings (SSSR count). The van der Waals surface area contributed by atoms with Crippen LogP contribution in [0.2, 0.25) is 0 Å². The third kappa shape index (κ3) is 2.53. The van der Waals surface area contributed by atoms with Gasteiger partial charge in [-0.2, -0.15) is 0 Å². The Morgan fingerprint density at radius 2 is 2.19 bits per heavy atom. The van der Waals surface area contributed by atoms with Crippen LogP contribution in [0, 0.1) is 11.6 Å². The van der Waals surface area contributed by atoms with Crippen LogP contribution in [0.15, 0.2) is 18.2 Å². The van der Waals surface area contributed by atoms with Crippen LogP contribution in [0.5, 0.6) is 0 Å². The molecule has 0 radical (unpaired) electrons. The highest BCUT2D eigenvalue weighted by Gasteiger charge is 2.20. The number of halogens is 2. The monoisotopic (exact) mass is 230 g/mol. The maximum absolute atomic E-state index is 13.3. The summed E-state index contributed by atoms with van der Waals surface area (Å²) >= 11 is 0. The maximum atomic E-state index is 13.3. The number of amides is 1. The first kappa shape index (κ1) is 12.5. The Labute approximate surface area is 91.3 Å². The number of hydrogen-bond donors (Lipinski definition) is 2. The van der Waals surface area contributed by atoms with E-state index < -0.39 is 30.2 Å². The second-order valence-electron chi connectivity index (χ2n) is 3.28. The summed E-state index contributed by atoms with van der Waals surface area (Å²) in [5.74, 6) is -2.08. The quantitative estimate of drug-likeness (QED) is 0.782. The number of carbonyl (C=O) groups is 1. The normalized spacial score (nSPS) is 12.3. The van der Waals surface area contributed by atoms with E-state index in [0.29, 0.717) is 0 Å². The Morgan fingerprint density at radius 1 is 1.56 bits per heavy atom. The first-order valence-corrected chi connectivity index (χ1v) is 4.56. The molecule has 16 heavy (non-hydrogen) atoms. The fraction of sp³-hybridized carbons (Fsp3) is 0.300. The molecule has 1 aromatic carbocycles. The first-order valence-electron chi connectivity index (χ1n) is 4.56. The van der Waals surface area contributed by atoms with Crippen LogP contribution in [0.1, 0.15) is 0 Å². The van der Waals surface area contributed by atoms with Crippen LogP contribution in [0.4, 0.5) is 14.5 Å². The summed E-state index contributed by atoms with van der Waals surface area (Å²) in [6.07, 6.45) is 0. The number of aliphatic hydroxyl groups is 1. The van der Waals surface area contributed by atoms with Crippen molar-refractivity contribution in [1.82, 2.24) is 0 Å². The zero-order valence-electron chi connectivity index (χ0n) is 8.65. The summed E-state index contributed by atoms with van der Waals surface area (Å²) in [5, 5.41) is 8.68. The Morgan fingerprint density at radius 3 is 2.75 bits per heavy atom. The standard InChI is InChI=1S/C10H12F2N2O2/c1-14(10(16)8(13)5-15)9-4-6(11)2-3-7(9)12/h2-4,8,15H,5,13H2,1H3. The SMILES string of the molecule is CN(C(=O)C(N)CO)c1cc(F)ccc1F. The Balaban J connectivity index is 3.00. The average Bonchev–Trinajstić information content (AvgIpc) is 2.29. The predicted molar refractivity (Wildman–Crippen MR) is 54.8 cm³/mol. The molecule has 1 unspecified atom stereocenters. The molecule has 0 aliphatic heterocycles. The van der Waals surface area contributed by atoms with Crippen molar-refractivity contribution < 1.29 is 18.7 Å². The van der Waals surface area contributed by atoms with Crippen LogP contribution in [-0.4, -0.2) is 30.7 Å². The number of hydrogen-bond acceptors (Lipinski definition) is 3. The van der Waals surface area contributed by atoms with Gasteiger partial charge in [0.2, 0.25) is 5.91 Å². The van der Waals surface area contributed by atoms with Crippen molar-refractivity contribution in [3.8, 4) is 0 Å². The lowest BCUT2D eigenvalue weighted by molar-refractivity contribution is -0.120. The van der Waals surface area contributed by atoms with Gasteiger partial charge >= 0.3 is 0 Å². The fourth-order valence-electron chi connectivity index (χ4n) is 1.19. The summed E-state index contributed by atoms with van der Waals surface area (Å²) in [6, 6.07) is 1.60. The molecule has 0 aliphatic carbocycles. The van der Waals surface area contributed by atoms with Gasteiger partial charge in [0.1, 0.15) is 17.7 Å². The van der Waals surface area contributed by atoms with Crippen molar-refractivity contribution in [2.75, 3.05) is 18.6 Å². The molecular formula is C10H12F2N2O2. The van der Waals surface area contributed by atoms with Gasteiger partial charge in [-0.15, -0.1) is 0 Å². The summed E-state index contributed by atoms with van der Waals surface area (Å²) in [7, 11) is 1.26. The number of nitrogens with two attached hydrogens (primary N) is 1. The molecule has 6 heteroatoms. The van der Waals surface area contributed by atoms with Gasteiger partial charge in [0.25, 0.3) is 0 Å². The zero-order chi connectivity index (χ0) is 12.3. The summed E-state index contributed by atoms with van der Waals surface area (Å²) in [5.41, 5.74) is 5.07. The van der Waals surface area contributed by atoms with E-state index in [4.69, 9.17) is 10.8 Å². The minimum Gasteiger partial charge on any atom is -0.394 e. The van der Waals surface area contributed by atoms with E-state index in [0.717, 1.165) is 23.1 Å². The van der Waals surface area contributed by atoms with Gasteiger partial charge in [-0.25, -0.2) is 8.78 Å². The fourth-order valence-corrected chi connectivity index (χ4v) is 1.19. The number of likely N-dealkylation sites (N-methyl/N-ethyl adjacent to an activating group) is 1. The highest BCUT2D eigenvalue weighted by molar-refractivity contribution is 5.96. The Bertz CT molecular complexity index is 398. The molecule has 4 nitrogen and oxygen atoms in total. The lowest BCUT2D eigenvalue weighted by Crippen LogP contribution is -2.44. The van der Waals surface area contributed by atoms with Crippen LogP contribution in [-0.2, 0) is 4.79 Å². The van der Waals surface area contributed by atoms with Crippen LogP contribution in [0.3, 0.4) is 0 Å². The van der Waals surface area contributed by atoms with Gasteiger partial charge in [0.15, 0.2) is 0 Å². The lowest BCUT2D eigenvalue weighted by atomic mass is 10.2. The van der Waals surface area contributed by atoms with Crippen molar-refractivity contribution in [2.45, 2.75) is 6.04 Å². The second kappa shape index (κ2) is 5.00. The van der Waals surface area contributed by atoms with Crippen molar-refractivity contribution in [3.63, 3.8) is 0 Å². The lowest BCUT2D eigenvalue weighted by Gasteiger charge is -2.20. The van der Waals surface area contributed by atoms with Crippen molar-refractivity contribution in [1.29, 1.82) is 0 Å². The average molecular weight is 230 g/mol.